The molecule has 0 unspecified atom stereocenters. The van der Waals surface area contributed by atoms with E-state index in [1.54, 1.807) is 36.4 Å². The third-order valence-electron chi connectivity index (χ3n) is 3.93. The summed E-state index contributed by atoms with van der Waals surface area (Å²) in [7, 11) is 1.50. The number of hydrogen-bond donors (Lipinski definition) is 0. The van der Waals surface area contributed by atoms with Crippen molar-refractivity contribution in [3.8, 4) is 23.3 Å². The van der Waals surface area contributed by atoms with Gasteiger partial charge in [-0.05, 0) is 35.9 Å². The Morgan fingerprint density at radius 1 is 1.07 bits per heavy atom. The van der Waals surface area contributed by atoms with Gasteiger partial charge in [-0.3, -0.25) is 0 Å². The molecule has 3 rings (SSSR count). The lowest BCUT2D eigenvalue weighted by Gasteiger charge is -2.09. The predicted molar refractivity (Wildman–Crippen MR) is 108 cm³/mol. The van der Waals surface area contributed by atoms with E-state index in [4.69, 9.17) is 31.1 Å². The van der Waals surface area contributed by atoms with Crippen molar-refractivity contribution in [1.29, 1.82) is 5.26 Å². The van der Waals surface area contributed by atoms with E-state index < -0.39 is 5.97 Å². The smallest absolute Gasteiger partial charge is 0.336 e. The van der Waals surface area contributed by atoms with Gasteiger partial charge in [-0.1, -0.05) is 41.9 Å². The fourth-order valence-electron chi connectivity index (χ4n) is 2.65. The summed E-state index contributed by atoms with van der Waals surface area (Å²) >= 11 is 6.19. The van der Waals surface area contributed by atoms with Crippen molar-refractivity contribution in [2.75, 3.05) is 13.7 Å². The third kappa shape index (κ3) is 4.43. The second kappa shape index (κ2) is 8.94. The highest BCUT2D eigenvalue weighted by molar-refractivity contribution is 6.35. The number of benzene rings is 3. The molecule has 5 nitrogen and oxygen atoms in total. The first-order valence-electron chi connectivity index (χ1n) is 8.37. The van der Waals surface area contributed by atoms with Crippen molar-refractivity contribution >= 4 is 34.4 Å². The summed E-state index contributed by atoms with van der Waals surface area (Å²) in [6.45, 7) is -0.0765. The topological polar surface area (TPSA) is 68.6 Å². The van der Waals surface area contributed by atoms with E-state index >= 15 is 0 Å². The molecule has 0 aromatic heterocycles. The van der Waals surface area contributed by atoms with Crippen LogP contribution in [0.15, 0.2) is 60.7 Å². The summed E-state index contributed by atoms with van der Waals surface area (Å²) in [5.41, 5.74) is 0.721. The van der Waals surface area contributed by atoms with Gasteiger partial charge in [0.15, 0.2) is 18.1 Å². The number of fused-ring (bicyclic) bond motifs is 1. The van der Waals surface area contributed by atoms with Crippen molar-refractivity contribution < 1.29 is 19.0 Å². The number of rotatable bonds is 6. The number of carbonyl (C=O) groups excluding carboxylic acids is 1. The minimum atomic E-state index is -0.517. The Labute approximate surface area is 167 Å². The lowest BCUT2D eigenvalue weighted by atomic mass is 10.1. The Kier molecular flexibility index (Phi) is 6.15. The van der Waals surface area contributed by atoms with Gasteiger partial charge in [-0.25, -0.2) is 4.79 Å². The highest BCUT2D eigenvalue weighted by Gasteiger charge is 2.09. The van der Waals surface area contributed by atoms with Crippen molar-refractivity contribution in [1.82, 2.24) is 0 Å². The largest absolute Gasteiger partial charge is 0.493 e. The molecule has 3 aromatic rings. The van der Waals surface area contributed by atoms with Crippen LogP contribution in [-0.2, 0) is 4.79 Å². The molecule has 0 spiro atoms. The number of hydrogen-bond acceptors (Lipinski definition) is 5. The van der Waals surface area contributed by atoms with Gasteiger partial charge in [0.05, 0.1) is 7.11 Å². The zero-order valence-corrected chi connectivity index (χ0v) is 15.8. The number of esters is 1. The first-order chi connectivity index (χ1) is 13.6. The van der Waals surface area contributed by atoms with Crippen LogP contribution in [0.5, 0.6) is 17.2 Å². The Morgan fingerprint density at radius 3 is 2.57 bits per heavy atom. The molecule has 0 bridgehead atoms. The monoisotopic (exact) mass is 393 g/mol. The molecule has 0 aliphatic carbocycles. The summed E-state index contributed by atoms with van der Waals surface area (Å²) in [5.74, 6) is 0.842. The van der Waals surface area contributed by atoms with Crippen LogP contribution in [0.2, 0.25) is 5.02 Å². The van der Waals surface area contributed by atoms with Crippen molar-refractivity contribution in [2.45, 2.75) is 0 Å². The maximum Gasteiger partial charge on any atom is 0.336 e. The summed E-state index contributed by atoms with van der Waals surface area (Å²) in [5, 5.41) is 10.8. The highest BCUT2D eigenvalue weighted by Crippen LogP contribution is 2.31. The Hall–Kier alpha value is -3.49. The molecule has 6 heteroatoms. The second-order valence-corrected chi connectivity index (χ2v) is 6.11. The van der Waals surface area contributed by atoms with Gasteiger partial charge in [0.2, 0.25) is 0 Å². The Morgan fingerprint density at radius 2 is 1.82 bits per heavy atom. The van der Waals surface area contributed by atoms with Gasteiger partial charge in [0.1, 0.15) is 11.8 Å². The quantitative estimate of drug-likeness (QED) is 0.334. The van der Waals surface area contributed by atoms with Crippen LogP contribution in [0.25, 0.3) is 16.8 Å². The normalized spacial score (nSPS) is 10.6. The van der Waals surface area contributed by atoms with Crippen LogP contribution in [0, 0.1) is 11.3 Å². The average Bonchev–Trinajstić information content (AvgIpc) is 2.73. The molecule has 0 fully saturated rings. The van der Waals surface area contributed by atoms with Crippen LogP contribution in [0.1, 0.15) is 5.56 Å². The summed E-state index contributed by atoms with van der Waals surface area (Å²) in [6.07, 6.45) is 2.94. The van der Waals surface area contributed by atoms with Crippen LogP contribution in [-0.4, -0.2) is 19.7 Å². The molecule has 0 N–H and O–H groups in total. The van der Waals surface area contributed by atoms with Gasteiger partial charge >= 0.3 is 5.97 Å². The van der Waals surface area contributed by atoms with E-state index in [-0.39, 0.29) is 6.61 Å². The minimum Gasteiger partial charge on any atom is -0.493 e. The second-order valence-electron chi connectivity index (χ2n) is 5.70. The molecule has 140 valence electrons. The molecule has 0 heterocycles. The molecular weight excluding hydrogens is 378 g/mol. The van der Waals surface area contributed by atoms with E-state index in [0.29, 0.717) is 22.3 Å². The standard InChI is InChI=1S/C22H16ClNO4/c1-26-21-14-15(6-9-20(21)27-13-12-24)7-11-22(25)28-19-10-8-18(23)16-4-2-3-5-17(16)19/h2-11,14H,13H2,1H3/b11-7+. The van der Waals surface area contributed by atoms with Crippen LogP contribution in [0.3, 0.4) is 0 Å². The van der Waals surface area contributed by atoms with Crippen LogP contribution >= 0.6 is 11.6 Å². The van der Waals surface area contributed by atoms with Crippen molar-refractivity contribution in [3.63, 3.8) is 0 Å². The van der Waals surface area contributed by atoms with E-state index in [0.717, 1.165) is 16.3 Å². The Balaban J connectivity index is 1.76. The molecule has 3 aromatic carbocycles. The van der Waals surface area contributed by atoms with E-state index in [2.05, 4.69) is 0 Å². The van der Waals surface area contributed by atoms with Crippen molar-refractivity contribution in [2.24, 2.45) is 0 Å². The lowest BCUT2D eigenvalue weighted by Crippen LogP contribution is -2.04. The average molecular weight is 394 g/mol. The number of carbonyl (C=O) groups is 1. The fraction of sp³-hybridized carbons (Fsp3) is 0.0909. The lowest BCUT2D eigenvalue weighted by molar-refractivity contribution is -0.128. The molecule has 0 aliphatic heterocycles. The Bertz CT molecular complexity index is 1090. The summed E-state index contributed by atoms with van der Waals surface area (Å²) in [4.78, 5) is 12.2. The first kappa shape index (κ1) is 19.3. The fourth-order valence-corrected chi connectivity index (χ4v) is 2.88. The SMILES string of the molecule is COc1cc(/C=C/C(=O)Oc2ccc(Cl)c3ccccc23)ccc1OCC#N. The highest BCUT2D eigenvalue weighted by atomic mass is 35.5. The molecule has 0 saturated carbocycles. The zero-order valence-electron chi connectivity index (χ0n) is 15.0. The van der Waals surface area contributed by atoms with E-state index in [9.17, 15) is 4.79 Å². The van der Waals surface area contributed by atoms with Gasteiger partial charge in [-0.15, -0.1) is 0 Å². The molecule has 0 radical (unpaired) electrons. The minimum absolute atomic E-state index is 0.0765. The number of halogens is 1. The number of ether oxygens (including phenoxy) is 3. The molecule has 0 saturated heterocycles. The maximum absolute atomic E-state index is 12.2. The molecule has 28 heavy (non-hydrogen) atoms. The third-order valence-corrected chi connectivity index (χ3v) is 4.26. The van der Waals surface area contributed by atoms with E-state index in [1.807, 2.05) is 30.3 Å². The number of methoxy groups -OCH3 is 1. The van der Waals surface area contributed by atoms with Crippen molar-refractivity contribution in [3.05, 3.63) is 71.3 Å². The predicted octanol–water partition coefficient (Wildman–Crippen LogP) is 5.02. The number of nitriles is 1. The van der Waals surface area contributed by atoms with Gasteiger partial charge in [0, 0.05) is 21.9 Å². The summed E-state index contributed by atoms with van der Waals surface area (Å²) < 4.78 is 16.0. The van der Waals surface area contributed by atoms with Crippen LogP contribution < -0.4 is 14.2 Å². The van der Waals surface area contributed by atoms with Gasteiger partial charge in [-0.2, -0.15) is 5.26 Å². The molecule has 0 atom stereocenters. The summed E-state index contributed by atoms with van der Waals surface area (Å²) in [6, 6.07) is 17.8. The van der Waals surface area contributed by atoms with Gasteiger partial charge < -0.3 is 14.2 Å². The number of nitrogens with zero attached hydrogens (tertiary/aromatic N) is 1. The molecular formula is C22H16ClNO4. The van der Waals surface area contributed by atoms with E-state index in [1.165, 1.54) is 13.2 Å². The molecule has 0 aliphatic rings. The maximum atomic E-state index is 12.2. The zero-order chi connectivity index (χ0) is 19.9. The molecule has 0 amide bonds. The van der Waals surface area contributed by atoms with Gasteiger partial charge in [0.25, 0.3) is 0 Å². The van der Waals surface area contributed by atoms with Crippen LogP contribution in [0.4, 0.5) is 0 Å². The first-order valence-corrected chi connectivity index (χ1v) is 8.75.